The first-order valence-corrected chi connectivity index (χ1v) is 13.6. The first-order chi connectivity index (χ1) is 15.7. The molecule has 6 nitrogen and oxygen atoms in total. The monoisotopic (exact) mass is 473 g/mol. The van der Waals surface area contributed by atoms with Crippen LogP contribution in [0.2, 0.25) is 5.04 Å². The average Bonchev–Trinajstić information content (AvgIpc) is 3.05. The molecular formula is C26H39NO5Si. The molecule has 182 valence electrons. The third-order valence-electron chi connectivity index (χ3n) is 6.23. The molecule has 1 fully saturated rings. The van der Waals surface area contributed by atoms with Crippen molar-refractivity contribution in [3.63, 3.8) is 0 Å². The van der Waals surface area contributed by atoms with Gasteiger partial charge in [0, 0.05) is 0 Å². The van der Waals surface area contributed by atoms with Crippen LogP contribution >= 0.6 is 0 Å². The second-order valence-corrected chi connectivity index (χ2v) is 14.3. The van der Waals surface area contributed by atoms with Gasteiger partial charge in [0.25, 0.3) is 8.32 Å². The summed E-state index contributed by atoms with van der Waals surface area (Å²) in [4.78, 5) is 2.07. The summed E-state index contributed by atoms with van der Waals surface area (Å²) in [5.74, 6) is 0. The summed E-state index contributed by atoms with van der Waals surface area (Å²) in [6.07, 6.45) is -2.87. The Morgan fingerprint density at radius 1 is 0.909 bits per heavy atom. The van der Waals surface area contributed by atoms with E-state index < -0.39 is 32.9 Å². The molecule has 0 radical (unpaired) electrons. The van der Waals surface area contributed by atoms with E-state index in [0.717, 1.165) is 23.3 Å². The fourth-order valence-corrected chi connectivity index (χ4v) is 9.11. The quantitative estimate of drug-likeness (QED) is 0.406. The number of benzene rings is 2. The highest BCUT2D eigenvalue weighted by Gasteiger charge is 2.52. The molecule has 1 aliphatic heterocycles. The van der Waals surface area contributed by atoms with Crippen molar-refractivity contribution < 1.29 is 24.1 Å². The van der Waals surface area contributed by atoms with Crippen molar-refractivity contribution in [1.29, 1.82) is 0 Å². The molecule has 2 aromatic rings. The SMILES string of the molecule is CN(C)CCCOC1O[C@H](CO[Si](c2ccccc2)(c2ccccc2)C(C)(C)C)[C@@H](O)[C@H]1O. The number of hydrogen-bond acceptors (Lipinski definition) is 6. The molecule has 1 unspecified atom stereocenters. The first kappa shape index (κ1) is 26.0. The number of ether oxygens (including phenoxy) is 2. The predicted molar refractivity (Wildman–Crippen MR) is 133 cm³/mol. The van der Waals surface area contributed by atoms with Crippen molar-refractivity contribution in [2.75, 3.05) is 33.9 Å². The zero-order chi connectivity index (χ0) is 24.1. The topological polar surface area (TPSA) is 71.4 Å². The molecule has 4 atom stereocenters. The molecule has 0 amide bonds. The molecular weight excluding hydrogens is 434 g/mol. The summed E-state index contributed by atoms with van der Waals surface area (Å²) in [7, 11) is 1.25. The largest absolute Gasteiger partial charge is 0.405 e. The van der Waals surface area contributed by atoms with Gasteiger partial charge >= 0.3 is 0 Å². The molecule has 1 heterocycles. The van der Waals surface area contributed by atoms with Crippen molar-refractivity contribution in [2.45, 2.75) is 56.8 Å². The van der Waals surface area contributed by atoms with Crippen LogP contribution in [0, 0.1) is 0 Å². The van der Waals surface area contributed by atoms with Crippen LogP contribution in [0.5, 0.6) is 0 Å². The van der Waals surface area contributed by atoms with E-state index in [2.05, 4.69) is 49.9 Å². The Labute approximate surface area is 199 Å². The zero-order valence-electron chi connectivity index (χ0n) is 20.5. The molecule has 33 heavy (non-hydrogen) atoms. The Morgan fingerprint density at radius 2 is 1.45 bits per heavy atom. The van der Waals surface area contributed by atoms with Crippen LogP contribution < -0.4 is 10.4 Å². The summed E-state index contributed by atoms with van der Waals surface area (Å²) in [5.41, 5.74) is 0. The van der Waals surface area contributed by atoms with Gasteiger partial charge in [0.2, 0.25) is 0 Å². The van der Waals surface area contributed by atoms with Gasteiger partial charge < -0.3 is 29.0 Å². The van der Waals surface area contributed by atoms with Gasteiger partial charge in [-0.15, -0.1) is 0 Å². The van der Waals surface area contributed by atoms with Crippen molar-refractivity contribution in [3.8, 4) is 0 Å². The molecule has 2 N–H and O–H groups in total. The van der Waals surface area contributed by atoms with Gasteiger partial charge in [-0.3, -0.25) is 0 Å². The highest BCUT2D eigenvalue weighted by atomic mass is 28.4. The van der Waals surface area contributed by atoms with E-state index in [9.17, 15) is 10.2 Å². The van der Waals surface area contributed by atoms with Crippen molar-refractivity contribution in [3.05, 3.63) is 60.7 Å². The molecule has 2 aromatic carbocycles. The summed E-state index contributed by atoms with van der Waals surface area (Å²) in [6, 6.07) is 20.7. The Balaban J connectivity index is 1.80. The van der Waals surface area contributed by atoms with Crippen molar-refractivity contribution >= 4 is 18.7 Å². The van der Waals surface area contributed by atoms with Crippen molar-refractivity contribution in [2.24, 2.45) is 0 Å². The Kier molecular flexibility index (Phi) is 8.86. The molecule has 0 aromatic heterocycles. The van der Waals surface area contributed by atoms with E-state index in [0.29, 0.717) is 6.61 Å². The van der Waals surface area contributed by atoms with Crippen LogP contribution in [0.25, 0.3) is 0 Å². The van der Waals surface area contributed by atoms with Gasteiger partial charge in [-0.25, -0.2) is 0 Å². The maximum Gasteiger partial charge on any atom is 0.261 e. The Morgan fingerprint density at radius 3 is 1.94 bits per heavy atom. The Hall–Kier alpha value is -1.58. The van der Waals surface area contributed by atoms with Gasteiger partial charge in [-0.1, -0.05) is 81.4 Å². The van der Waals surface area contributed by atoms with E-state index >= 15 is 0 Å². The van der Waals surface area contributed by atoms with Gasteiger partial charge in [0.05, 0.1) is 13.2 Å². The van der Waals surface area contributed by atoms with E-state index in [1.165, 1.54) is 0 Å². The maximum absolute atomic E-state index is 10.7. The normalized spacial score (nSPS) is 23.9. The van der Waals surface area contributed by atoms with Crippen LogP contribution in [0.1, 0.15) is 27.2 Å². The fraction of sp³-hybridized carbons (Fsp3) is 0.538. The molecule has 0 aliphatic carbocycles. The highest BCUT2D eigenvalue weighted by Crippen LogP contribution is 2.37. The van der Waals surface area contributed by atoms with Gasteiger partial charge in [0.1, 0.15) is 18.3 Å². The van der Waals surface area contributed by atoms with Crippen LogP contribution in [0.3, 0.4) is 0 Å². The summed E-state index contributed by atoms with van der Waals surface area (Å²) in [6.45, 7) is 8.12. The minimum Gasteiger partial charge on any atom is -0.405 e. The third-order valence-corrected chi connectivity index (χ3v) is 11.2. The van der Waals surface area contributed by atoms with Crippen molar-refractivity contribution in [1.82, 2.24) is 4.90 Å². The third kappa shape index (κ3) is 5.92. The smallest absolute Gasteiger partial charge is 0.261 e. The minimum absolute atomic E-state index is 0.170. The van der Waals surface area contributed by atoms with Gasteiger partial charge in [-0.05, 0) is 42.5 Å². The standard InChI is InChI=1S/C26H39NO5Si/c1-26(2,3)33(20-13-8-6-9-14-20,21-15-10-7-11-16-21)31-19-22-23(28)24(29)25(32-22)30-18-12-17-27(4)5/h6-11,13-16,22-25,28-29H,12,17-19H2,1-5H3/t22-,23-,24-,25?/m1/s1. The molecule has 3 rings (SSSR count). The molecule has 0 bridgehead atoms. The number of aliphatic hydroxyl groups excluding tert-OH is 2. The Bertz CT molecular complexity index is 803. The summed E-state index contributed by atoms with van der Waals surface area (Å²) >= 11 is 0. The lowest BCUT2D eigenvalue weighted by Gasteiger charge is -2.43. The molecule has 1 aliphatic rings. The maximum atomic E-state index is 10.7. The number of hydrogen-bond donors (Lipinski definition) is 2. The summed E-state index contributed by atoms with van der Waals surface area (Å²) < 4.78 is 18.5. The van der Waals surface area contributed by atoms with Gasteiger partial charge in [0.15, 0.2) is 6.29 Å². The number of aliphatic hydroxyl groups is 2. The van der Waals surface area contributed by atoms with Crippen LogP contribution in [0.15, 0.2) is 60.7 Å². The van der Waals surface area contributed by atoms with E-state index in [1.807, 2.05) is 50.5 Å². The van der Waals surface area contributed by atoms with Crippen LogP contribution in [0.4, 0.5) is 0 Å². The lowest BCUT2D eigenvalue weighted by atomic mass is 10.1. The van der Waals surface area contributed by atoms with Crippen LogP contribution in [-0.4, -0.2) is 81.9 Å². The summed E-state index contributed by atoms with van der Waals surface area (Å²) in [5, 5.41) is 23.3. The van der Waals surface area contributed by atoms with Gasteiger partial charge in [-0.2, -0.15) is 0 Å². The number of nitrogens with zero attached hydrogens (tertiary/aromatic N) is 1. The first-order valence-electron chi connectivity index (χ1n) is 11.7. The second kappa shape index (κ2) is 11.2. The van der Waals surface area contributed by atoms with E-state index in [4.69, 9.17) is 13.9 Å². The lowest BCUT2D eigenvalue weighted by Crippen LogP contribution is -2.67. The minimum atomic E-state index is -2.75. The van der Waals surface area contributed by atoms with E-state index in [1.54, 1.807) is 0 Å². The second-order valence-electron chi connectivity index (χ2n) is 10.0. The lowest BCUT2D eigenvalue weighted by molar-refractivity contribution is -0.169. The average molecular weight is 474 g/mol. The highest BCUT2D eigenvalue weighted by molar-refractivity contribution is 6.99. The fourth-order valence-electron chi connectivity index (χ4n) is 4.54. The zero-order valence-corrected chi connectivity index (χ0v) is 21.5. The van der Waals surface area contributed by atoms with Crippen LogP contribution in [-0.2, 0) is 13.9 Å². The molecule has 0 saturated carbocycles. The van der Waals surface area contributed by atoms with E-state index in [-0.39, 0.29) is 11.6 Å². The molecule has 1 saturated heterocycles. The predicted octanol–water partition coefficient (Wildman–Crippen LogP) is 1.98. The molecule has 0 spiro atoms. The number of rotatable bonds is 10. The molecule has 7 heteroatoms.